The molecule has 6 rings (SSSR count). The van der Waals surface area contributed by atoms with Gasteiger partial charge in [0.15, 0.2) is 0 Å². The maximum atomic E-state index is 13.1. The van der Waals surface area contributed by atoms with Crippen LogP contribution in [-0.2, 0) is 6.54 Å². The van der Waals surface area contributed by atoms with Crippen LogP contribution < -0.4 is 5.32 Å². The first kappa shape index (κ1) is 16.5. The Morgan fingerprint density at radius 2 is 1.96 bits per heavy atom. The summed E-state index contributed by atoms with van der Waals surface area (Å²) >= 11 is 0. The Hall–Kier alpha value is -0.970. The number of rotatable bonds is 2. The molecule has 24 heavy (non-hydrogen) atoms. The summed E-state index contributed by atoms with van der Waals surface area (Å²) in [6.45, 7) is 5.69. The van der Waals surface area contributed by atoms with E-state index in [1.165, 1.54) is 54.8 Å². The van der Waals surface area contributed by atoms with E-state index < -0.39 is 0 Å². The van der Waals surface area contributed by atoms with Gasteiger partial charge in [-0.2, -0.15) is 0 Å². The fourth-order valence-electron chi connectivity index (χ4n) is 5.60. The highest BCUT2D eigenvalue weighted by Gasteiger charge is 2.53. The molecule has 3 saturated heterocycles. The number of nitroso groups, excluding NO2 is 1. The normalized spacial score (nSPS) is 36.8. The average molecular weight is 349 g/mol. The Morgan fingerprint density at radius 1 is 1.21 bits per heavy atom. The highest BCUT2D eigenvalue weighted by molar-refractivity contribution is 5.85. The molecule has 2 bridgehead atoms. The van der Waals surface area contributed by atoms with E-state index in [4.69, 9.17) is 0 Å². The zero-order chi connectivity index (χ0) is 15.4. The molecule has 1 aromatic rings. The molecule has 5 aliphatic rings. The van der Waals surface area contributed by atoms with E-state index in [1.807, 2.05) is 6.07 Å². The van der Waals surface area contributed by atoms with Gasteiger partial charge in [0.25, 0.3) is 5.69 Å². The van der Waals surface area contributed by atoms with Crippen LogP contribution in [0.1, 0.15) is 49.1 Å². The van der Waals surface area contributed by atoms with E-state index in [0.29, 0.717) is 11.3 Å². The fourth-order valence-corrected chi connectivity index (χ4v) is 5.60. The van der Waals surface area contributed by atoms with Gasteiger partial charge in [0.05, 0.1) is 5.92 Å². The summed E-state index contributed by atoms with van der Waals surface area (Å²) in [6.07, 6.45) is 6.10. The van der Waals surface area contributed by atoms with Gasteiger partial charge in [-0.3, -0.25) is 0 Å². The molecule has 5 heterocycles. The second-order valence-corrected chi connectivity index (χ2v) is 8.11. The summed E-state index contributed by atoms with van der Waals surface area (Å²) in [5, 5.41) is 3.54. The van der Waals surface area contributed by atoms with Gasteiger partial charge in [0.1, 0.15) is 0 Å². The molecular formula is C19H27ClN3O+. The van der Waals surface area contributed by atoms with Crippen molar-refractivity contribution in [3.05, 3.63) is 34.2 Å². The fraction of sp³-hybridized carbons (Fsp3) is 0.684. The Balaban J connectivity index is 0.00000146. The SMILES string of the molecule is Cl.O=[N+]1c2cccc3c2C(CCNC3)C1CC12CCN(CC1)CC2. The molecule has 2 atom stereocenters. The largest absolute Gasteiger partial charge is 0.313 e. The third kappa shape index (κ3) is 2.42. The van der Waals surface area contributed by atoms with E-state index in [1.54, 1.807) is 0 Å². The van der Waals surface area contributed by atoms with E-state index in [9.17, 15) is 4.91 Å². The first-order valence-electron chi connectivity index (χ1n) is 9.27. The number of nitrogens with zero attached hydrogens (tertiary/aromatic N) is 2. The van der Waals surface area contributed by atoms with Crippen LogP contribution in [-0.4, -0.2) is 41.9 Å². The van der Waals surface area contributed by atoms with Crippen LogP contribution in [0.2, 0.25) is 0 Å². The molecule has 0 aliphatic carbocycles. The van der Waals surface area contributed by atoms with E-state index >= 15 is 0 Å². The Labute approximate surface area is 150 Å². The van der Waals surface area contributed by atoms with Crippen molar-refractivity contribution >= 4 is 18.1 Å². The number of halogens is 1. The number of fused-ring (bicyclic) bond motifs is 3. The minimum Gasteiger partial charge on any atom is -0.313 e. The third-order valence-corrected chi connectivity index (χ3v) is 7.01. The molecule has 5 aliphatic heterocycles. The monoisotopic (exact) mass is 348 g/mol. The average Bonchev–Trinajstić information content (AvgIpc) is 2.76. The van der Waals surface area contributed by atoms with Crippen molar-refractivity contribution in [2.24, 2.45) is 5.41 Å². The molecule has 2 unspecified atom stereocenters. The smallest absolute Gasteiger partial charge is 0.260 e. The zero-order valence-electron chi connectivity index (χ0n) is 14.2. The summed E-state index contributed by atoms with van der Waals surface area (Å²) in [5.74, 6) is 0.433. The molecule has 5 heteroatoms. The van der Waals surface area contributed by atoms with Gasteiger partial charge in [-0.05, 0) is 62.8 Å². The van der Waals surface area contributed by atoms with E-state index in [2.05, 4.69) is 22.3 Å². The number of nitrogens with one attached hydrogen (secondary N) is 1. The van der Waals surface area contributed by atoms with Crippen molar-refractivity contribution in [1.82, 2.24) is 10.2 Å². The molecule has 1 N–H and O–H groups in total. The van der Waals surface area contributed by atoms with Crippen LogP contribution in [0.5, 0.6) is 0 Å². The molecule has 130 valence electrons. The van der Waals surface area contributed by atoms with Crippen molar-refractivity contribution in [2.75, 3.05) is 26.2 Å². The summed E-state index contributed by atoms with van der Waals surface area (Å²) in [5.41, 5.74) is 4.11. The summed E-state index contributed by atoms with van der Waals surface area (Å²) in [7, 11) is 0. The van der Waals surface area contributed by atoms with E-state index in [-0.39, 0.29) is 18.4 Å². The molecule has 3 fully saturated rings. The molecule has 0 aromatic heterocycles. The number of piperidine rings is 3. The number of hydrogen-bond donors (Lipinski definition) is 1. The lowest BCUT2D eigenvalue weighted by Gasteiger charge is -2.48. The summed E-state index contributed by atoms with van der Waals surface area (Å²) in [4.78, 5) is 15.7. The highest BCUT2D eigenvalue weighted by Crippen LogP contribution is 2.51. The van der Waals surface area contributed by atoms with Crippen molar-refractivity contribution in [3.8, 4) is 0 Å². The molecule has 4 nitrogen and oxygen atoms in total. The van der Waals surface area contributed by atoms with Crippen LogP contribution in [0.25, 0.3) is 0 Å². The molecule has 1 aromatic carbocycles. The molecule has 0 radical (unpaired) electrons. The van der Waals surface area contributed by atoms with Crippen LogP contribution in [0.4, 0.5) is 5.69 Å². The van der Waals surface area contributed by atoms with E-state index in [0.717, 1.165) is 31.6 Å². The van der Waals surface area contributed by atoms with Gasteiger partial charge >= 0.3 is 0 Å². The maximum Gasteiger partial charge on any atom is 0.260 e. The Bertz CT molecular complexity index is 640. The molecule has 0 spiro atoms. The Morgan fingerprint density at radius 3 is 2.71 bits per heavy atom. The minimum absolute atomic E-state index is 0. The summed E-state index contributed by atoms with van der Waals surface area (Å²) in [6, 6.07) is 6.47. The van der Waals surface area contributed by atoms with Gasteiger partial charge in [-0.15, -0.1) is 12.4 Å². The first-order valence-corrected chi connectivity index (χ1v) is 9.27. The lowest BCUT2D eigenvalue weighted by atomic mass is 9.67. The second kappa shape index (κ2) is 6.08. The molecule has 0 amide bonds. The maximum absolute atomic E-state index is 13.1. The lowest BCUT2D eigenvalue weighted by molar-refractivity contribution is -0.504. The predicted octanol–water partition coefficient (Wildman–Crippen LogP) is 3.35. The van der Waals surface area contributed by atoms with Crippen molar-refractivity contribution in [1.29, 1.82) is 0 Å². The van der Waals surface area contributed by atoms with Gasteiger partial charge in [0, 0.05) is 34.3 Å². The highest BCUT2D eigenvalue weighted by atomic mass is 35.5. The Kier molecular flexibility index (Phi) is 4.18. The number of benzene rings is 1. The second-order valence-electron chi connectivity index (χ2n) is 8.11. The first-order chi connectivity index (χ1) is 11.3. The summed E-state index contributed by atoms with van der Waals surface area (Å²) < 4.78 is 1.39. The lowest BCUT2D eigenvalue weighted by Crippen LogP contribution is -2.50. The zero-order valence-corrected chi connectivity index (χ0v) is 15.0. The van der Waals surface area contributed by atoms with Crippen molar-refractivity contribution in [3.63, 3.8) is 0 Å². The van der Waals surface area contributed by atoms with Crippen LogP contribution in [0, 0.1) is 10.3 Å². The third-order valence-electron chi connectivity index (χ3n) is 7.01. The van der Waals surface area contributed by atoms with Gasteiger partial charge in [-0.25, -0.2) is 0 Å². The molecular weight excluding hydrogens is 322 g/mol. The van der Waals surface area contributed by atoms with Gasteiger partial charge in [-0.1, -0.05) is 12.1 Å². The number of hydrogen-bond acceptors (Lipinski definition) is 3. The van der Waals surface area contributed by atoms with Gasteiger partial charge < -0.3 is 10.2 Å². The quantitative estimate of drug-likeness (QED) is 0.832. The van der Waals surface area contributed by atoms with Crippen LogP contribution in [0.15, 0.2) is 18.2 Å². The van der Waals surface area contributed by atoms with Crippen molar-refractivity contribution < 1.29 is 4.76 Å². The minimum atomic E-state index is 0. The van der Waals surface area contributed by atoms with Crippen molar-refractivity contribution in [2.45, 2.75) is 50.6 Å². The van der Waals surface area contributed by atoms with Crippen LogP contribution >= 0.6 is 12.4 Å². The van der Waals surface area contributed by atoms with Gasteiger partial charge in [0.2, 0.25) is 6.04 Å². The standard InChI is InChI=1S/C19H26N3O.ClH/c23-22-16-3-1-2-14-13-20-8-4-15(18(14)16)17(22)12-19-5-9-21(10-6-19)11-7-19;/h1-3,15,17,20H,4-13H2;1H/q+1;. The molecule has 0 saturated carbocycles. The predicted molar refractivity (Wildman–Crippen MR) is 97.2 cm³/mol. The van der Waals surface area contributed by atoms with Crippen LogP contribution in [0.3, 0.4) is 0 Å². The topological polar surface area (TPSA) is 35.4 Å².